The van der Waals surface area contributed by atoms with Crippen molar-refractivity contribution in [2.75, 3.05) is 26.2 Å². The lowest BCUT2D eigenvalue weighted by atomic mass is 10.1. The molecule has 0 aliphatic rings. The van der Waals surface area contributed by atoms with Gasteiger partial charge in [0.25, 0.3) is 5.91 Å². The van der Waals surface area contributed by atoms with Crippen molar-refractivity contribution >= 4 is 35.8 Å². The number of carbonyl (C=O) groups excluding carboxylic acids is 1. The number of halogens is 1. The van der Waals surface area contributed by atoms with E-state index < -0.39 is 0 Å². The fourth-order valence-electron chi connectivity index (χ4n) is 2.50. The predicted molar refractivity (Wildman–Crippen MR) is 126 cm³/mol. The van der Waals surface area contributed by atoms with Crippen LogP contribution < -0.4 is 20.7 Å². The lowest BCUT2D eigenvalue weighted by molar-refractivity contribution is 0.0926. The quantitative estimate of drug-likeness (QED) is 0.196. The summed E-state index contributed by atoms with van der Waals surface area (Å²) in [4.78, 5) is 16.5. The summed E-state index contributed by atoms with van der Waals surface area (Å²) in [7, 11) is 0. The largest absolute Gasteiger partial charge is 0.493 e. The zero-order chi connectivity index (χ0) is 20.2. The van der Waals surface area contributed by atoms with Gasteiger partial charge in [0.2, 0.25) is 0 Å². The van der Waals surface area contributed by atoms with Crippen LogP contribution in [0.25, 0.3) is 0 Å². The number of hydrogen-bond acceptors (Lipinski definition) is 4. The number of amides is 1. The highest BCUT2D eigenvalue weighted by molar-refractivity contribution is 14.0. The highest BCUT2D eigenvalue weighted by Crippen LogP contribution is 2.21. The number of aryl methyl sites for hydroxylation is 1. The molecule has 0 bridgehead atoms. The molecule has 1 heterocycles. The number of rotatable bonds is 10. The first-order valence-corrected chi connectivity index (χ1v) is 9.70. The first-order chi connectivity index (χ1) is 13.6. The molecule has 1 aromatic carbocycles. The second-order valence-electron chi connectivity index (χ2n) is 6.31. The maximum Gasteiger partial charge on any atom is 0.287 e. The van der Waals surface area contributed by atoms with Gasteiger partial charge in [-0.15, -0.1) is 24.0 Å². The molecule has 0 atom stereocenters. The number of benzene rings is 1. The van der Waals surface area contributed by atoms with Crippen LogP contribution in [0.4, 0.5) is 0 Å². The molecular formula is C21H31IN4O3. The molecule has 0 aliphatic heterocycles. The Kier molecular flexibility index (Phi) is 11.9. The Morgan fingerprint density at radius 1 is 1.14 bits per heavy atom. The van der Waals surface area contributed by atoms with Crippen molar-refractivity contribution in [3.05, 3.63) is 53.5 Å². The Morgan fingerprint density at radius 2 is 1.93 bits per heavy atom. The van der Waals surface area contributed by atoms with Gasteiger partial charge < -0.3 is 25.1 Å². The van der Waals surface area contributed by atoms with Gasteiger partial charge in [0.15, 0.2) is 11.7 Å². The molecule has 8 heteroatoms. The highest BCUT2D eigenvalue weighted by atomic mass is 127. The van der Waals surface area contributed by atoms with Gasteiger partial charge in [0, 0.05) is 25.2 Å². The maximum absolute atomic E-state index is 11.8. The summed E-state index contributed by atoms with van der Waals surface area (Å²) >= 11 is 0. The van der Waals surface area contributed by atoms with Crippen LogP contribution in [0.3, 0.4) is 0 Å². The van der Waals surface area contributed by atoms with Gasteiger partial charge in [0.05, 0.1) is 19.4 Å². The maximum atomic E-state index is 11.8. The molecule has 0 fully saturated rings. The van der Waals surface area contributed by atoms with Crippen LogP contribution in [0.5, 0.6) is 5.75 Å². The Balaban J connectivity index is 0.00000420. The standard InChI is InChI=1S/C21H30N4O3.HI/c1-4-12-27-19-14-16(3)8-9-17(19)15-25-21(22-5-2)24-11-10-23-20(26)18-7-6-13-28-18;/h6-9,13-14H,4-5,10-12,15H2,1-3H3,(H,23,26)(H2,22,24,25);1H. The molecule has 0 aliphatic carbocycles. The summed E-state index contributed by atoms with van der Waals surface area (Å²) in [6.45, 7) is 9.10. The normalized spacial score (nSPS) is 10.8. The minimum absolute atomic E-state index is 0. The Hall–Kier alpha value is -2.23. The fraction of sp³-hybridized carbons (Fsp3) is 0.429. The third-order valence-electron chi connectivity index (χ3n) is 3.88. The fourth-order valence-corrected chi connectivity index (χ4v) is 2.50. The van der Waals surface area contributed by atoms with E-state index in [0.29, 0.717) is 38.0 Å². The number of carbonyl (C=O) groups is 1. The monoisotopic (exact) mass is 514 g/mol. The molecule has 2 aromatic rings. The van der Waals surface area contributed by atoms with Crippen LogP contribution >= 0.6 is 24.0 Å². The summed E-state index contributed by atoms with van der Waals surface area (Å²) in [5.41, 5.74) is 2.21. The zero-order valence-corrected chi connectivity index (χ0v) is 19.6. The summed E-state index contributed by atoms with van der Waals surface area (Å²) in [5.74, 6) is 1.65. The molecule has 29 heavy (non-hydrogen) atoms. The van der Waals surface area contributed by atoms with Crippen molar-refractivity contribution in [1.29, 1.82) is 0 Å². The summed E-state index contributed by atoms with van der Waals surface area (Å²) in [6.07, 6.45) is 2.44. The van der Waals surface area contributed by atoms with E-state index in [1.807, 2.05) is 13.0 Å². The molecule has 1 aromatic heterocycles. The average molecular weight is 514 g/mol. The van der Waals surface area contributed by atoms with Crippen LogP contribution in [0.1, 0.15) is 41.9 Å². The van der Waals surface area contributed by atoms with E-state index in [-0.39, 0.29) is 29.9 Å². The van der Waals surface area contributed by atoms with E-state index in [9.17, 15) is 4.79 Å². The number of hydrogen-bond donors (Lipinski definition) is 3. The number of nitrogens with zero attached hydrogens (tertiary/aromatic N) is 1. The molecule has 7 nitrogen and oxygen atoms in total. The first kappa shape index (κ1) is 24.8. The first-order valence-electron chi connectivity index (χ1n) is 9.70. The molecule has 0 spiro atoms. The SMILES string of the molecule is CCCOc1cc(C)ccc1CN=C(NCC)NCCNC(=O)c1ccco1.I. The molecule has 160 valence electrons. The number of ether oxygens (including phenoxy) is 1. The van der Waals surface area contributed by atoms with Crippen molar-refractivity contribution in [3.8, 4) is 5.75 Å². The molecule has 0 unspecified atom stereocenters. The van der Waals surface area contributed by atoms with Gasteiger partial charge in [-0.1, -0.05) is 19.1 Å². The average Bonchev–Trinajstić information content (AvgIpc) is 3.23. The van der Waals surface area contributed by atoms with Crippen molar-refractivity contribution in [1.82, 2.24) is 16.0 Å². The number of guanidine groups is 1. The van der Waals surface area contributed by atoms with Gasteiger partial charge in [0.1, 0.15) is 5.75 Å². The number of aliphatic imine (C=N–C) groups is 1. The highest BCUT2D eigenvalue weighted by Gasteiger charge is 2.07. The Labute approximate surface area is 189 Å². The molecule has 2 rings (SSSR count). The summed E-state index contributed by atoms with van der Waals surface area (Å²) in [6, 6.07) is 9.48. The van der Waals surface area contributed by atoms with Gasteiger partial charge in [-0.2, -0.15) is 0 Å². The van der Waals surface area contributed by atoms with Crippen molar-refractivity contribution < 1.29 is 13.9 Å². The molecular weight excluding hydrogens is 483 g/mol. The molecule has 0 radical (unpaired) electrons. The second kappa shape index (κ2) is 13.9. The Bertz CT molecular complexity index is 763. The van der Waals surface area contributed by atoms with E-state index in [2.05, 4.69) is 46.9 Å². The molecule has 0 saturated heterocycles. The molecule has 3 N–H and O–H groups in total. The van der Waals surface area contributed by atoms with Crippen LogP contribution in [0.15, 0.2) is 46.0 Å². The third kappa shape index (κ3) is 8.76. The smallest absolute Gasteiger partial charge is 0.287 e. The van der Waals surface area contributed by atoms with Crippen LogP contribution in [-0.2, 0) is 6.54 Å². The number of nitrogens with one attached hydrogen (secondary N) is 3. The van der Waals surface area contributed by atoms with Crippen LogP contribution in [0.2, 0.25) is 0 Å². The lowest BCUT2D eigenvalue weighted by Gasteiger charge is -2.13. The Morgan fingerprint density at radius 3 is 2.62 bits per heavy atom. The minimum atomic E-state index is -0.230. The van der Waals surface area contributed by atoms with E-state index in [1.165, 1.54) is 6.26 Å². The predicted octanol–water partition coefficient (Wildman–Crippen LogP) is 3.48. The molecule has 0 saturated carbocycles. The topological polar surface area (TPSA) is 87.9 Å². The summed E-state index contributed by atoms with van der Waals surface area (Å²) < 4.78 is 10.9. The second-order valence-corrected chi connectivity index (χ2v) is 6.31. The van der Waals surface area contributed by atoms with Crippen molar-refractivity contribution in [2.45, 2.75) is 33.7 Å². The minimum Gasteiger partial charge on any atom is -0.493 e. The third-order valence-corrected chi connectivity index (χ3v) is 3.88. The zero-order valence-electron chi connectivity index (χ0n) is 17.3. The van der Waals surface area contributed by atoms with Gasteiger partial charge in [-0.25, -0.2) is 4.99 Å². The molecule has 1 amide bonds. The van der Waals surface area contributed by atoms with E-state index in [0.717, 1.165) is 29.8 Å². The van der Waals surface area contributed by atoms with Crippen LogP contribution in [-0.4, -0.2) is 38.1 Å². The van der Waals surface area contributed by atoms with Crippen molar-refractivity contribution in [2.24, 2.45) is 4.99 Å². The van der Waals surface area contributed by atoms with E-state index in [4.69, 9.17) is 9.15 Å². The number of furan rings is 1. The van der Waals surface area contributed by atoms with Gasteiger partial charge in [-0.3, -0.25) is 4.79 Å². The lowest BCUT2D eigenvalue weighted by Crippen LogP contribution is -2.41. The van der Waals surface area contributed by atoms with Gasteiger partial charge >= 0.3 is 0 Å². The van der Waals surface area contributed by atoms with Gasteiger partial charge in [-0.05, 0) is 44.0 Å². The van der Waals surface area contributed by atoms with E-state index in [1.54, 1.807) is 12.1 Å². The van der Waals surface area contributed by atoms with E-state index >= 15 is 0 Å². The van der Waals surface area contributed by atoms with Crippen molar-refractivity contribution in [3.63, 3.8) is 0 Å². The van der Waals surface area contributed by atoms with Crippen LogP contribution in [0, 0.1) is 6.92 Å². The summed E-state index contributed by atoms with van der Waals surface area (Å²) in [5, 5.41) is 9.22.